The summed E-state index contributed by atoms with van der Waals surface area (Å²) in [7, 11) is 0. The monoisotopic (exact) mass is 172 g/mol. The van der Waals surface area contributed by atoms with Gasteiger partial charge in [0, 0.05) is 12.1 Å². The van der Waals surface area contributed by atoms with Gasteiger partial charge in [0.15, 0.2) is 0 Å². The molecule has 0 saturated carbocycles. The maximum atomic E-state index is 9.28. The molecule has 1 unspecified atom stereocenters. The Morgan fingerprint density at radius 3 is 2.50 bits per heavy atom. The van der Waals surface area contributed by atoms with Crippen LogP contribution in [0.2, 0.25) is 0 Å². The van der Waals surface area contributed by atoms with Crippen molar-refractivity contribution in [1.29, 1.82) is 0 Å². The molecular formula is C9H20N2O. The van der Waals surface area contributed by atoms with Crippen LogP contribution in [0.25, 0.3) is 0 Å². The predicted octanol–water partition coefficient (Wildman–Crippen LogP) is 0.0989. The number of rotatable bonds is 2. The molecule has 0 radical (unpaired) electrons. The first-order chi connectivity index (χ1) is 5.47. The second-order valence-electron chi connectivity index (χ2n) is 4.74. The van der Waals surface area contributed by atoms with Crippen molar-refractivity contribution in [3.05, 3.63) is 0 Å². The van der Waals surface area contributed by atoms with Crippen molar-refractivity contribution in [2.45, 2.75) is 38.3 Å². The maximum Gasteiger partial charge on any atom is 0.0626 e. The molecule has 3 heteroatoms. The highest BCUT2D eigenvalue weighted by Crippen LogP contribution is 2.17. The molecule has 72 valence electrons. The average Bonchev–Trinajstić information content (AvgIpc) is 2.34. The first kappa shape index (κ1) is 9.96. The van der Waals surface area contributed by atoms with Crippen LogP contribution in [0.5, 0.6) is 0 Å². The molecule has 0 aromatic heterocycles. The molecule has 0 amide bonds. The van der Waals surface area contributed by atoms with Crippen LogP contribution in [0.4, 0.5) is 0 Å². The third-order valence-corrected chi connectivity index (χ3v) is 2.19. The van der Waals surface area contributed by atoms with Gasteiger partial charge in [0.2, 0.25) is 0 Å². The SMILES string of the molecule is CC(C)(C)NC1(CO)CCNC1. The second kappa shape index (κ2) is 3.32. The van der Waals surface area contributed by atoms with Crippen molar-refractivity contribution in [1.82, 2.24) is 10.6 Å². The molecule has 3 N–H and O–H groups in total. The van der Waals surface area contributed by atoms with E-state index in [-0.39, 0.29) is 17.7 Å². The summed E-state index contributed by atoms with van der Waals surface area (Å²) in [5.74, 6) is 0. The number of hydrogen-bond acceptors (Lipinski definition) is 3. The van der Waals surface area contributed by atoms with Gasteiger partial charge in [0.25, 0.3) is 0 Å². The summed E-state index contributed by atoms with van der Waals surface area (Å²) >= 11 is 0. The molecule has 1 heterocycles. The van der Waals surface area contributed by atoms with E-state index in [0.717, 1.165) is 19.5 Å². The quantitative estimate of drug-likeness (QED) is 0.553. The van der Waals surface area contributed by atoms with E-state index in [1.54, 1.807) is 0 Å². The Kier molecular flexibility index (Phi) is 2.76. The number of hydrogen-bond donors (Lipinski definition) is 3. The van der Waals surface area contributed by atoms with Gasteiger partial charge in [-0.3, -0.25) is 0 Å². The molecule has 1 rings (SSSR count). The van der Waals surface area contributed by atoms with Gasteiger partial charge in [-0.25, -0.2) is 0 Å². The number of nitrogens with one attached hydrogen (secondary N) is 2. The van der Waals surface area contributed by atoms with E-state index < -0.39 is 0 Å². The Labute approximate surface area is 74.5 Å². The van der Waals surface area contributed by atoms with E-state index in [1.165, 1.54) is 0 Å². The van der Waals surface area contributed by atoms with Gasteiger partial charge in [-0.1, -0.05) is 0 Å². The highest BCUT2D eigenvalue weighted by Gasteiger charge is 2.35. The smallest absolute Gasteiger partial charge is 0.0626 e. The fourth-order valence-electron chi connectivity index (χ4n) is 1.82. The van der Waals surface area contributed by atoms with Crippen LogP contribution in [0.1, 0.15) is 27.2 Å². The van der Waals surface area contributed by atoms with E-state index in [4.69, 9.17) is 0 Å². The molecule has 1 aliphatic heterocycles. The summed E-state index contributed by atoms with van der Waals surface area (Å²) in [6.45, 7) is 8.48. The summed E-state index contributed by atoms with van der Waals surface area (Å²) in [4.78, 5) is 0. The second-order valence-corrected chi connectivity index (χ2v) is 4.74. The Morgan fingerprint density at radius 1 is 1.50 bits per heavy atom. The lowest BCUT2D eigenvalue weighted by Gasteiger charge is -2.35. The highest BCUT2D eigenvalue weighted by atomic mass is 16.3. The lowest BCUT2D eigenvalue weighted by Crippen LogP contribution is -2.57. The molecule has 0 bridgehead atoms. The standard InChI is InChI=1S/C9H20N2O/c1-8(2,3)11-9(7-12)4-5-10-6-9/h10-12H,4-7H2,1-3H3. The molecule has 0 spiro atoms. The fraction of sp³-hybridized carbons (Fsp3) is 1.00. The van der Waals surface area contributed by atoms with Crippen LogP contribution in [-0.2, 0) is 0 Å². The highest BCUT2D eigenvalue weighted by molar-refractivity contribution is 4.98. The van der Waals surface area contributed by atoms with Crippen LogP contribution in [0, 0.1) is 0 Å². The van der Waals surface area contributed by atoms with Crippen LogP contribution in [-0.4, -0.2) is 35.9 Å². The minimum Gasteiger partial charge on any atom is -0.394 e. The van der Waals surface area contributed by atoms with Gasteiger partial charge in [-0.05, 0) is 33.7 Å². The summed E-state index contributed by atoms with van der Waals surface area (Å²) in [6.07, 6.45) is 1.01. The first-order valence-electron chi connectivity index (χ1n) is 4.58. The Balaban J connectivity index is 2.55. The summed E-state index contributed by atoms with van der Waals surface area (Å²) in [5, 5.41) is 16.0. The lowest BCUT2D eigenvalue weighted by molar-refractivity contribution is 0.145. The van der Waals surface area contributed by atoms with Crippen LogP contribution in [0.15, 0.2) is 0 Å². The topological polar surface area (TPSA) is 44.3 Å². The minimum absolute atomic E-state index is 0.0781. The van der Waals surface area contributed by atoms with E-state index in [9.17, 15) is 5.11 Å². The van der Waals surface area contributed by atoms with Crippen molar-refractivity contribution in [3.8, 4) is 0 Å². The third-order valence-electron chi connectivity index (χ3n) is 2.19. The van der Waals surface area contributed by atoms with Gasteiger partial charge >= 0.3 is 0 Å². The molecule has 0 aromatic carbocycles. The largest absolute Gasteiger partial charge is 0.394 e. The molecule has 1 aliphatic rings. The molecule has 12 heavy (non-hydrogen) atoms. The van der Waals surface area contributed by atoms with Gasteiger partial charge < -0.3 is 15.7 Å². The minimum atomic E-state index is -0.0851. The molecule has 1 atom stereocenters. The zero-order valence-corrected chi connectivity index (χ0v) is 8.28. The molecule has 0 aromatic rings. The van der Waals surface area contributed by atoms with Gasteiger partial charge in [-0.2, -0.15) is 0 Å². The van der Waals surface area contributed by atoms with Crippen LogP contribution < -0.4 is 10.6 Å². The van der Waals surface area contributed by atoms with Crippen LogP contribution in [0.3, 0.4) is 0 Å². The summed E-state index contributed by atoms with van der Waals surface area (Å²) in [5.41, 5.74) is -0.00694. The Bertz CT molecular complexity index is 145. The molecule has 3 nitrogen and oxygen atoms in total. The molecular weight excluding hydrogens is 152 g/mol. The van der Waals surface area contributed by atoms with Gasteiger partial charge in [0.05, 0.1) is 12.1 Å². The molecule has 1 fully saturated rings. The maximum absolute atomic E-state index is 9.28. The van der Waals surface area contributed by atoms with E-state index >= 15 is 0 Å². The van der Waals surface area contributed by atoms with Crippen molar-refractivity contribution >= 4 is 0 Å². The van der Waals surface area contributed by atoms with E-state index in [0.29, 0.717) is 0 Å². The van der Waals surface area contributed by atoms with Crippen molar-refractivity contribution in [2.75, 3.05) is 19.7 Å². The van der Waals surface area contributed by atoms with Crippen LogP contribution >= 0.6 is 0 Å². The zero-order chi connectivity index (χ0) is 9.24. The average molecular weight is 172 g/mol. The van der Waals surface area contributed by atoms with Crippen molar-refractivity contribution < 1.29 is 5.11 Å². The van der Waals surface area contributed by atoms with Gasteiger partial charge in [0.1, 0.15) is 0 Å². The van der Waals surface area contributed by atoms with Crippen molar-refractivity contribution in [2.24, 2.45) is 0 Å². The van der Waals surface area contributed by atoms with E-state index in [1.807, 2.05) is 0 Å². The summed E-state index contributed by atoms with van der Waals surface area (Å²) < 4.78 is 0. The zero-order valence-electron chi connectivity index (χ0n) is 8.28. The summed E-state index contributed by atoms with van der Waals surface area (Å²) in [6, 6.07) is 0. The predicted molar refractivity (Wildman–Crippen MR) is 50.2 cm³/mol. The molecule has 1 saturated heterocycles. The van der Waals surface area contributed by atoms with E-state index in [2.05, 4.69) is 31.4 Å². The molecule has 0 aliphatic carbocycles. The Morgan fingerprint density at radius 2 is 2.17 bits per heavy atom. The Hall–Kier alpha value is -0.120. The van der Waals surface area contributed by atoms with Gasteiger partial charge in [-0.15, -0.1) is 0 Å². The third kappa shape index (κ3) is 2.44. The number of aliphatic hydroxyl groups excluding tert-OH is 1. The van der Waals surface area contributed by atoms with Crippen molar-refractivity contribution in [3.63, 3.8) is 0 Å². The lowest BCUT2D eigenvalue weighted by atomic mass is 9.95. The number of aliphatic hydroxyl groups is 1. The normalized spacial score (nSPS) is 31.0. The first-order valence-corrected chi connectivity index (χ1v) is 4.58. The fourth-order valence-corrected chi connectivity index (χ4v) is 1.82.